The SMILES string of the molecule is COc1cc(C)c(/C(O)=C2\C(=O)C(=O)N(c3ccccc3C)C2c2cccc(C)c2)cc1C. The minimum absolute atomic E-state index is 0.0847. The van der Waals surface area contributed by atoms with Crippen molar-refractivity contribution in [2.45, 2.75) is 33.7 Å². The monoisotopic (exact) mass is 441 g/mol. The normalized spacial score (nSPS) is 17.5. The number of benzene rings is 3. The van der Waals surface area contributed by atoms with Crippen molar-refractivity contribution in [2.24, 2.45) is 0 Å². The van der Waals surface area contributed by atoms with Gasteiger partial charge >= 0.3 is 0 Å². The number of carbonyl (C=O) groups excluding carboxylic acids is 2. The summed E-state index contributed by atoms with van der Waals surface area (Å²) in [6.45, 7) is 7.58. The molecule has 33 heavy (non-hydrogen) atoms. The molecule has 1 heterocycles. The molecule has 0 bridgehead atoms. The first-order valence-corrected chi connectivity index (χ1v) is 10.8. The van der Waals surface area contributed by atoms with Crippen molar-refractivity contribution in [3.63, 3.8) is 0 Å². The van der Waals surface area contributed by atoms with Gasteiger partial charge in [-0.25, -0.2) is 0 Å². The quantitative estimate of drug-likeness (QED) is 0.327. The predicted octanol–water partition coefficient (Wildman–Crippen LogP) is 5.56. The van der Waals surface area contributed by atoms with Gasteiger partial charge in [-0.3, -0.25) is 14.5 Å². The van der Waals surface area contributed by atoms with Gasteiger partial charge in [0.1, 0.15) is 11.5 Å². The number of amides is 1. The third-order valence-electron chi connectivity index (χ3n) is 6.17. The number of nitrogens with zero attached hydrogens (tertiary/aromatic N) is 1. The zero-order chi connectivity index (χ0) is 23.9. The highest BCUT2D eigenvalue weighted by Crippen LogP contribution is 2.43. The lowest BCUT2D eigenvalue weighted by atomic mass is 9.92. The molecule has 0 aromatic heterocycles. The second kappa shape index (κ2) is 8.58. The van der Waals surface area contributed by atoms with Crippen LogP contribution in [0.15, 0.2) is 66.2 Å². The van der Waals surface area contributed by atoms with E-state index in [1.807, 2.05) is 82.3 Å². The molecule has 0 saturated carbocycles. The number of para-hydroxylation sites is 1. The molecule has 1 aliphatic heterocycles. The van der Waals surface area contributed by atoms with E-state index in [1.165, 1.54) is 4.90 Å². The Bertz CT molecular complexity index is 1300. The van der Waals surface area contributed by atoms with Gasteiger partial charge in [0.25, 0.3) is 11.7 Å². The van der Waals surface area contributed by atoms with Crippen molar-refractivity contribution in [3.05, 3.63) is 99.6 Å². The highest BCUT2D eigenvalue weighted by atomic mass is 16.5. The Morgan fingerprint density at radius 2 is 1.61 bits per heavy atom. The fourth-order valence-electron chi connectivity index (χ4n) is 4.48. The van der Waals surface area contributed by atoms with Crippen LogP contribution in [-0.2, 0) is 9.59 Å². The van der Waals surface area contributed by atoms with E-state index in [-0.39, 0.29) is 11.3 Å². The summed E-state index contributed by atoms with van der Waals surface area (Å²) in [6.07, 6.45) is 0. The molecule has 1 saturated heterocycles. The van der Waals surface area contributed by atoms with Crippen molar-refractivity contribution in [1.82, 2.24) is 0 Å². The fourth-order valence-corrected chi connectivity index (χ4v) is 4.48. The molecule has 3 aromatic carbocycles. The Labute approximate surface area is 193 Å². The molecule has 0 spiro atoms. The van der Waals surface area contributed by atoms with Gasteiger partial charge in [0.05, 0.1) is 18.7 Å². The number of aliphatic hydroxyl groups is 1. The molecule has 4 rings (SSSR count). The summed E-state index contributed by atoms with van der Waals surface area (Å²) in [7, 11) is 1.59. The Hall–Kier alpha value is -3.86. The van der Waals surface area contributed by atoms with Crippen LogP contribution in [0, 0.1) is 27.7 Å². The fraction of sp³-hybridized carbons (Fsp3) is 0.214. The van der Waals surface area contributed by atoms with Crippen molar-refractivity contribution in [2.75, 3.05) is 12.0 Å². The molecule has 168 valence electrons. The number of carbonyl (C=O) groups is 2. The largest absolute Gasteiger partial charge is 0.507 e. The third-order valence-corrected chi connectivity index (χ3v) is 6.17. The molecule has 1 N–H and O–H groups in total. The standard InChI is InChI=1S/C28H27NO4/c1-16-9-8-11-20(13-16)25-24(26(30)21-14-19(4)23(33-5)15-18(21)3)27(31)28(32)29(25)22-12-7-6-10-17(22)2/h6-15,25,30H,1-5H3/b26-24+. The van der Waals surface area contributed by atoms with E-state index in [9.17, 15) is 14.7 Å². The smallest absolute Gasteiger partial charge is 0.300 e. The highest BCUT2D eigenvalue weighted by Gasteiger charge is 2.47. The van der Waals surface area contributed by atoms with E-state index in [1.54, 1.807) is 13.2 Å². The minimum atomic E-state index is -0.743. The van der Waals surface area contributed by atoms with Crippen LogP contribution in [0.5, 0.6) is 5.75 Å². The molecule has 1 aliphatic rings. The third kappa shape index (κ3) is 3.80. The van der Waals surface area contributed by atoms with Crippen LogP contribution in [0.3, 0.4) is 0 Å². The zero-order valence-electron chi connectivity index (χ0n) is 19.5. The van der Waals surface area contributed by atoms with E-state index in [0.29, 0.717) is 17.0 Å². The highest BCUT2D eigenvalue weighted by molar-refractivity contribution is 6.51. The van der Waals surface area contributed by atoms with Gasteiger partial charge in [0, 0.05) is 11.3 Å². The number of hydrogen-bond acceptors (Lipinski definition) is 4. The summed E-state index contributed by atoms with van der Waals surface area (Å²) < 4.78 is 5.39. The molecule has 1 amide bonds. The predicted molar refractivity (Wildman–Crippen MR) is 130 cm³/mol. The number of hydrogen-bond donors (Lipinski definition) is 1. The molecule has 1 fully saturated rings. The number of aliphatic hydroxyl groups excluding tert-OH is 1. The molecular weight excluding hydrogens is 414 g/mol. The van der Waals surface area contributed by atoms with E-state index in [2.05, 4.69) is 0 Å². The number of rotatable bonds is 4. The van der Waals surface area contributed by atoms with Crippen LogP contribution >= 0.6 is 0 Å². The molecular formula is C28H27NO4. The van der Waals surface area contributed by atoms with Crippen LogP contribution < -0.4 is 9.64 Å². The number of Topliss-reactive ketones (excluding diaryl/α,β-unsaturated/α-hetero) is 1. The average Bonchev–Trinajstić information content (AvgIpc) is 3.05. The van der Waals surface area contributed by atoms with E-state index in [0.717, 1.165) is 27.8 Å². The van der Waals surface area contributed by atoms with Gasteiger partial charge in [-0.1, -0.05) is 48.0 Å². The van der Waals surface area contributed by atoms with Crippen molar-refractivity contribution < 1.29 is 19.4 Å². The Morgan fingerprint density at radius 1 is 0.879 bits per heavy atom. The van der Waals surface area contributed by atoms with Gasteiger partial charge in [-0.05, 0) is 68.1 Å². The number of ketones is 1. The summed E-state index contributed by atoms with van der Waals surface area (Å²) >= 11 is 0. The van der Waals surface area contributed by atoms with Crippen LogP contribution in [0.4, 0.5) is 5.69 Å². The van der Waals surface area contributed by atoms with Gasteiger partial charge in [-0.15, -0.1) is 0 Å². The van der Waals surface area contributed by atoms with Crippen molar-refractivity contribution in [1.29, 1.82) is 0 Å². The Kier molecular flexibility index (Phi) is 5.81. The van der Waals surface area contributed by atoms with E-state index in [4.69, 9.17) is 4.74 Å². The van der Waals surface area contributed by atoms with Gasteiger partial charge in [0.15, 0.2) is 0 Å². The summed E-state index contributed by atoms with van der Waals surface area (Å²) in [6, 6.07) is 18.0. The number of anilines is 1. The first kappa shape index (κ1) is 22.3. The number of methoxy groups -OCH3 is 1. The molecule has 3 aromatic rings. The van der Waals surface area contributed by atoms with Gasteiger partial charge in [0.2, 0.25) is 0 Å². The Morgan fingerprint density at radius 3 is 2.27 bits per heavy atom. The van der Waals surface area contributed by atoms with Crippen LogP contribution in [0.1, 0.15) is 39.4 Å². The summed E-state index contributed by atoms with van der Waals surface area (Å²) in [5.74, 6) is -0.839. The summed E-state index contributed by atoms with van der Waals surface area (Å²) in [5.41, 5.74) is 5.45. The van der Waals surface area contributed by atoms with E-state index < -0.39 is 17.7 Å². The van der Waals surface area contributed by atoms with Crippen molar-refractivity contribution in [3.8, 4) is 5.75 Å². The van der Waals surface area contributed by atoms with Crippen LogP contribution in [0.2, 0.25) is 0 Å². The minimum Gasteiger partial charge on any atom is -0.507 e. The van der Waals surface area contributed by atoms with Gasteiger partial charge in [-0.2, -0.15) is 0 Å². The topological polar surface area (TPSA) is 66.8 Å². The molecule has 1 atom stereocenters. The molecule has 5 nitrogen and oxygen atoms in total. The Balaban J connectivity index is 2.00. The van der Waals surface area contributed by atoms with E-state index >= 15 is 0 Å². The average molecular weight is 442 g/mol. The number of ether oxygens (including phenoxy) is 1. The lowest BCUT2D eigenvalue weighted by molar-refractivity contribution is -0.132. The lowest BCUT2D eigenvalue weighted by Gasteiger charge is -2.27. The van der Waals surface area contributed by atoms with Crippen molar-refractivity contribution >= 4 is 23.1 Å². The maximum absolute atomic E-state index is 13.4. The molecule has 0 aliphatic carbocycles. The second-order valence-corrected chi connectivity index (χ2v) is 8.51. The molecule has 5 heteroatoms. The second-order valence-electron chi connectivity index (χ2n) is 8.51. The summed E-state index contributed by atoms with van der Waals surface area (Å²) in [4.78, 5) is 28.2. The van der Waals surface area contributed by atoms with Crippen LogP contribution in [0.25, 0.3) is 5.76 Å². The van der Waals surface area contributed by atoms with Crippen LogP contribution in [-0.4, -0.2) is 23.9 Å². The maximum Gasteiger partial charge on any atom is 0.300 e. The first-order valence-electron chi connectivity index (χ1n) is 10.8. The van der Waals surface area contributed by atoms with Gasteiger partial charge < -0.3 is 9.84 Å². The molecule has 0 radical (unpaired) electrons. The maximum atomic E-state index is 13.4. The summed E-state index contributed by atoms with van der Waals surface area (Å²) in [5, 5.41) is 11.5. The zero-order valence-corrected chi connectivity index (χ0v) is 19.5. The number of aryl methyl sites for hydroxylation is 4. The molecule has 1 unspecified atom stereocenters. The lowest BCUT2D eigenvalue weighted by Crippen LogP contribution is -2.30. The first-order chi connectivity index (χ1) is 15.7.